The Balaban J connectivity index is 2.49. The van der Waals surface area contributed by atoms with E-state index in [0.717, 1.165) is 4.47 Å². The summed E-state index contributed by atoms with van der Waals surface area (Å²) in [6.07, 6.45) is -0.688. The molecule has 1 unspecified atom stereocenters. The number of rotatable bonds is 5. The fourth-order valence-corrected chi connectivity index (χ4v) is 3.59. The number of hydrogen-bond donors (Lipinski definition) is 1. The maximum atomic E-state index is 12.8. The Kier molecular flexibility index (Phi) is 5.88. The lowest BCUT2D eigenvalue weighted by atomic mass is 9.92. The maximum absolute atomic E-state index is 12.8. The number of halogens is 1. The van der Waals surface area contributed by atoms with E-state index >= 15 is 0 Å². The van der Waals surface area contributed by atoms with Crippen LogP contribution in [0.5, 0.6) is 0 Å². The van der Waals surface area contributed by atoms with Gasteiger partial charge in [0.2, 0.25) is 0 Å². The average Bonchev–Trinajstić information content (AvgIpc) is 2.47. The van der Waals surface area contributed by atoms with Crippen LogP contribution in [0, 0.1) is 5.41 Å². The highest BCUT2D eigenvalue weighted by Crippen LogP contribution is 2.24. The molecule has 0 saturated heterocycles. The molecule has 7 heteroatoms. The molecule has 0 saturated carbocycles. The number of aliphatic hydroxyl groups excluding tert-OH is 1. The zero-order valence-electron chi connectivity index (χ0n) is 14.2. The van der Waals surface area contributed by atoms with E-state index in [9.17, 15) is 14.7 Å². The quantitative estimate of drug-likeness (QED) is 0.602. The van der Waals surface area contributed by atoms with Crippen LogP contribution in [-0.2, 0) is 11.3 Å². The SMILES string of the molecule is CC(O)Cn1c(SCC(=O)C(C)(C)C)nc2ccc(Br)cc2c1=O. The smallest absolute Gasteiger partial charge is 0.262 e. The Hall–Kier alpha value is -1.18. The summed E-state index contributed by atoms with van der Waals surface area (Å²) in [4.78, 5) is 29.5. The van der Waals surface area contributed by atoms with Crippen molar-refractivity contribution in [1.29, 1.82) is 0 Å². The van der Waals surface area contributed by atoms with Crippen LogP contribution in [0.25, 0.3) is 10.9 Å². The second-order valence-electron chi connectivity index (χ2n) is 6.78. The molecule has 0 spiro atoms. The van der Waals surface area contributed by atoms with E-state index in [-0.39, 0.29) is 23.6 Å². The summed E-state index contributed by atoms with van der Waals surface area (Å²) >= 11 is 4.59. The molecular formula is C17H21BrN2O3S. The van der Waals surface area contributed by atoms with E-state index in [4.69, 9.17) is 0 Å². The van der Waals surface area contributed by atoms with Gasteiger partial charge in [0.1, 0.15) is 5.78 Å². The van der Waals surface area contributed by atoms with Gasteiger partial charge in [-0.25, -0.2) is 4.98 Å². The van der Waals surface area contributed by atoms with Gasteiger partial charge in [-0.2, -0.15) is 0 Å². The van der Waals surface area contributed by atoms with E-state index in [1.165, 1.54) is 16.3 Å². The minimum absolute atomic E-state index is 0.0845. The first-order chi connectivity index (χ1) is 11.1. The third-order valence-electron chi connectivity index (χ3n) is 3.50. The first kappa shape index (κ1) is 19.1. The number of aliphatic hydroxyl groups is 1. The predicted octanol–water partition coefficient (Wildman–Crippen LogP) is 3.25. The second-order valence-corrected chi connectivity index (χ2v) is 8.64. The number of fused-ring (bicyclic) bond motifs is 1. The third kappa shape index (κ3) is 4.46. The molecule has 1 atom stereocenters. The van der Waals surface area contributed by atoms with Crippen molar-refractivity contribution in [1.82, 2.24) is 9.55 Å². The monoisotopic (exact) mass is 412 g/mol. The van der Waals surface area contributed by atoms with Crippen LogP contribution >= 0.6 is 27.7 Å². The van der Waals surface area contributed by atoms with Gasteiger partial charge in [-0.05, 0) is 25.1 Å². The van der Waals surface area contributed by atoms with Gasteiger partial charge in [0.25, 0.3) is 5.56 Å². The van der Waals surface area contributed by atoms with Crippen molar-refractivity contribution in [2.24, 2.45) is 5.41 Å². The molecule has 0 bridgehead atoms. The minimum Gasteiger partial charge on any atom is -0.392 e. The molecule has 2 aromatic rings. The molecule has 5 nitrogen and oxygen atoms in total. The number of ketones is 1. The topological polar surface area (TPSA) is 72.2 Å². The van der Waals surface area contributed by atoms with Crippen LogP contribution < -0.4 is 5.56 Å². The Bertz CT molecular complexity index is 825. The molecule has 0 radical (unpaired) electrons. The van der Waals surface area contributed by atoms with Crippen LogP contribution in [0.15, 0.2) is 32.6 Å². The number of carbonyl (C=O) groups excluding carboxylic acids is 1. The van der Waals surface area contributed by atoms with Gasteiger partial charge in [0.15, 0.2) is 5.16 Å². The summed E-state index contributed by atoms with van der Waals surface area (Å²) in [6.45, 7) is 7.35. The summed E-state index contributed by atoms with van der Waals surface area (Å²) in [5, 5.41) is 10.7. The third-order valence-corrected chi connectivity index (χ3v) is 4.97. The van der Waals surface area contributed by atoms with E-state index in [1.807, 2.05) is 26.8 Å². The summed E-state index contributed by atoms with van der Waals surface area (Å²) in [5.74, 6) is 0.318. The summed E-state index contributed by atoms with van der Waals surface area (Å²) < 4.78 is 2.24. The predicted molar refractivity (Wildman–Crippen MR) is 101 cm³/mol. The first-order valence-corrected chi connectivity index (χ1v) is 9.41. The molecule has 0 aliphatic heterocycles. The van der Waals surface area contributed by atoms with E-state index < -0.39 is 11.5 Å². The number of carbonyl (C=O) groups is 1. The Labute approximate surface area is 153 Å². The molecule has 0 aliphatic rings. The number of thioether (sulfide) groups is 1. The number of benzene rings is 1. The Morgan fingerprint density at radius 2 is 2.08 bits per heavy atom. The summed E-state index contributed by atoms with van der Waals surface area (Å²) in [7, 11) is 0. The zero-order valence-corrected chi connectivity index (χ0v) is 16.6. The van der Waals surface area contributed by atoms with E-state index in [0.29, 0.717) is 16.1 Å². The van der Waals surface area contributed by atoms with Gasteiger partial charge >= 0.3 is 0 Å². The van der Waals surface area contributed by atoms with Crippen molar-refractivity contribution < 1.29 is 9.90 Å². The summed E-state index contributed by atoms with van der Waals surface area (Å²) in [5.41, 5.74) is -0.0759. The molecule has 0 aliphatic carbocycles. The van der Waals surface area contributed by atoms with Gasteiger partial charge in [-0.3, -0.25) is 14.2 Å². The molecule has 1 aromatic heterocycles. The van der Waals surface area contributed by atoms with Crippen molar-refractivity contribution in [3.05, 3.63) is 33.0 Å². The highest BCUT2D eigenvalue weighted by atomic mass is 79.9. The van der Waals surface area contributed by atoms with Gasteiger partial charge in [0, 0.05) is 9.89 Å². The summed E-state index contributed by atoms with van der Waals surface area (Å²) in [6, 6.07) is 5.31. The van der Waals surface area contributed by atoms with Gasteiger partial charge in [0.05, 0.1) is 29.3 Å². The number of nitrogens with zero attached hydrogens (tertiary/aromatic N) is 2. The lowest BCUT2D eigenvalue weighted by molar-refractivity contribution is -0.123. The van der Waals surface area contributed by atoms with Crippen molar-refractivity contribution >= 4 is 44.4 Å². The van der Waals surface area contributed by atoms with E-state index in [2.05, 4.69) is 20.9 Å². The van der Waals surface area contributed by atoms with Crippen LogP contribution in [0.1, 0.15) is 27.7 Å². The second kappa shape index (κ2) is 7.37. The van der Waals surface area contributed by atoms with Gasteiger partial charge < -0.3 is 5.11 Å². The zero-order chi connectivity index (χ0) is 18.1. The molecule has 1 N–H and O–H groups in total. The van der Waals surface area contributed by atoms with Crippen LogP contribution in [0.4, 0.5) is 0 Å². The van der Waals surface area contributed by atoms with Crippen molar-refractivity contribution in [3.63, 3.8) is 0 Å². The highest BCUT2D eigenvalue weighted by Gasteiger charge is 2.22. The number of hydrogen-bond acceptors (Lipinski definition) is 5. The highest BCUT2D eigenvalue weighted by molar-refractivity contribution is 9.10. The lowest BCUT2D eigenvalue weighted by Gasteiger charge is -2.18. The fraction of sp³-hybridized carbons (Fsp3) is 0.471. The van der Waals surface area contributed by atoms with Crippen LogP contribution in [0.3, 0.4) is 0 Å². The van der Waals surface area contributed by atoms with Gasteiger partial charge in [-0.15, -0.1) is 0 Å². The molecule has 1 aromatic carbocycles. The molecule has 1 heterocycles. The molecule has 0 amide bonds. The molecule has 0 fully saturated rings. The lowest BCUT2D eigenvalue weighted by Crippen LogP contribution is -2.28. The fourth-order valence-electron chi connectivity index (χ4n) is 2.05. The van der Waals surface area contributed by atoms with Crippen molar-refractivity contribution in [3.8, 4) is 0 Å². The Morgan fingerprint density at radius 1 is 1.42 bits per heavy atom. The Morgan fingerprint density at radius 3 is 2.67 bits per heavy atom. The van der Waals surface area contributed by atoms with Crippen LogP contribution in [-0.4, -0.2) is 32.3 Å². The standard InChI is InChI=1S/C17H21BrN2O3S/c1-10(21)8-20-15(23)12-7-11(18)5-6-13(12)19-16(20)24-9-14(22)17(2,3)4/h5-7,10,21H,8-9H2,1-4H3. The average molecular weight is 413 g/mol. The first-order valence-electron chi connectivity index (χ1n) is 7.64. The molecule has 130 valence electrons. The minimum atomic E-state index is -0.688. The van der Waals surface area contributed by atoms with Gasteiger partial charge in [-0.1, -0.05) is 48.5 Å². The van der Waals surface area contributed by atoms with Crippen molar-refractivity contribution in [2.45, 2.75) is 45.5 Å². The number of aromatic nitrogens is 2. The van der Waals surface area contributed by atoms with E-state index in [1.54, 1.807) is 19.1 Å². The van der Waals surface area contributed by atoms with Crippen LogP contribution in [0.2, 0.25) is 0 Å². The molecule has 24 heavy (non-hydrogen) atoms. The normalized spacial score (nSPS) is 13.2. The largest absolute Gasteiger partial charge is 0.392 e. The maximum Gasteiger partial charge on any atom is 0.262 e. The molecule has 2 rings (SSSR count). The molecular weight excluding hydrogens is 392 g/mol. The van der Waals surface area contributed by atoms with Crippen molar-refractivity contribution in [2.75, 3.05) is 5.75 Å². The number of Topliss-reactive ketones (excluding diaryl/α,β-unsaturated/α-hetero) is 1.